The average molecular weight is 459 g/mol. The topological polar surface area (TPSA) is 92.8 Å². The van der Waals surface area contributed by atoms with Gasteiger partial charge in [0.25, 0.3) is 0 Å². The Balaban J connectivity index is 2.26. The highest BCUT2D eigenvalue weighted by Crippen LogP contribution is 2.28. The van der Waals surface area contributed by atoms with Gasteiger partial charge in [-0.25, -0.2) is 13.2 Å². The van der Waals surface area contributed by atoms with Crippen molar-refractivity contribution in [2.75, 3.05) is 29.0 Å². The number of hydrogen-bond donors (Lipinski definition) is 1. The van der Waals surface area contributed by atoms with Crippen molar-refractivity contribution in [1.82, 2.24) is 0 Å². The molecule has 1 N–H and O–H groups in total. The molecule has 2 aromatic rings. The Morgan fingerprint density at radius 1 is 1.10 bits per heavy atom. The number of ether oxygens (including phenoxy) is 1. The molecule has 0 aliphatic rings. The van der Waals surface area contributed by atoms with Crippen molar-refractivity contribution < 1.29 is 22.7 Å². The number of amides is 1. The van der Waals surface area contributed by atoms with E-state index < -0.39 is 28.4 Å². The van der Waals surface area contributed by atoms with Crippen molar-refractivity contribution in [2.24, 2.45) is 0 Å². The van der Waals surface area contributed by atoms with Gasteiger partial charge in [-0.05, 0) is 49.7 Å². The van der Waals surface area contributed by atoms with Gasteiger partial charge in [-0.1, -0.05) is 29.3 Å². The molecule has 0 aliphatic carbocycles. The summed E-state index contributed by atoms with van der Waals surface area (Å²) in [6.07, 6.45) is 0.982. The number of nitrogens with zero attached hydrogens (tertiary/aromatic N) is 1. The summed E-state index contributed by atoms with van der Waals surface area (Å²) in [6.45, 7) is 3.18. The van der Waals surface area contributed by atoms with Crippen molar-refractivity contribution in [3.8, 4) is 0 Å². The summed E-state index contributed by atoms with van der Waals surface area (Å²) in [5.74, 6) is -1.11. The van der Waals surface area contributed by atoms with E-state index in [1.165, 1.54) is 24.3 Å². The molecule has 2 rings (SSSR count). The summed E-state index contributed by atoms with van der Waals surface area (Å²) in [4.78, 5) is 24.5. The van der Waals surface area contributed by atoms with E-state index in [2.05, 4.69) is 5.32 Å². The van der Waals surface area contributed by atoms with Crippen LogP contribution in [0.5, 0.6) is 0 Å². The van der Waals surface area contributed by atoms with Gasteiger partial charge in [-0.2, -0.15) is 0 Å². The fraction of sp³-hybridized carbons (Fsp3) is 0.263. The molecule has 0 fully saturated rings. The second-order valence-electron chi connectivity index (χ2n) is 6.17. The van der Waals surface area contributed by atoms with Crippen LogP contribution in [0.15, 0.2) is 36.4 Å². The van der Waals surface area contributed by atoms with Crippen LogP contribution in [0.3, 0.4) is 0 Å². The zero-order valence-electron chi connectivity index (χ0n) is 16.0. The van der Waals surface area contributed by atoms with Crippen LogP contribution < -0.4 is 9.62 Å². The van der Waals surface area contributed by atoms with E-state index >= 15 is 0 Å². The molecule has 156 valence electrons. The molecule has 0 spiro atoms. The molecule has 1 amide bonds. The zero-order chi connectivity index (χ0) is 21.8. The van der Waals surface area contributed by atoms with Gasteiger partial charge in [-0.15, -0.1) is 0 Å². The fourth-order valence-corrected chi connectivity index (χ4v) is 3.60. The molecule has 10 heteroatoms. The van der Waals surface area contributed by atoms with Gasteiger partial charge in [0, 0.05) is 5.69 Å². The number of anilines is 2. The maximum Gasteiger partial charge on any atom is 0.338 e. The monoisotopic (exact) mass is 458 g/mol. The van der Waals surface area contributed by atoms with Gasteiger partial charge in [0.2, 0.25) is 15.9 Å². The summed E-state index contributed by atoms with van der Waals surface area (Å²) in [6, 6.07) is 8.99. The maximum absolute atomic E-state index is 12.6. The molecular weight excluding hydrogens is 439 g/mol. The Bertz CT molecular complexity index is 1040. The number of carbonyl (C=O) groups excluding carboxylic acids is 2. The number of nitrogens with one attached hydrogen (secondary N) is 1. The van der Waals surface area contributed by atoms with Gasteiger partial charge in [0.05, 0.1) is 34.2 Å². The molecule has 0 unspecified atom stereocenters. The number of hydrogen-bond acceptors (Lipinski definition) is 5. The number of rotatable bonds is 7. The number of sulfonamides is 1. The van der Waals surface area contributed by atoms with Crippen molar-refractivity contribution in [3.63, 3.8) is 0 Å². The lowest BCUT2D eigenvalue weighted by molar-refractivity contribution is -0.114. The molecule has 0 aliphatic heterocycles. The van der Waals surface area contributed by atoms with Gasteiger partial charge in [-0.3, -0.25) is 9.10 Å². The molecule has 29 heavy (non-hydrogen) atoms. The van der Waals surface area contributed by atoms with Crippen molar-refractivity contribution in [1.29, 1.82) is 0 Å². The molecule has 0 atom stereocenters. The molecule has 0 radical (unpaired) electrons. The summed E-state index contributed by atoms with van der Waals surface area (Å²) in [5, 5.41) is 3.06. The Morgan fingerprint density at radius 2 is 1.79 bits per heavy atom. The number of carbonyl (C=O) groups is 2. The Kier molecular flexibility index (Phi) is 7.51. The van der Waals surface area contributed by atoms with Gasteiger partial charge in [0.1, 0.15) is 6.54 Å². The highest BCUT2D eigenvalue weighted by atomic mass is 35.5. The number of aryl methyl sites for hydroxylation is 1. The minimum absolute atomic E-state index is 0.163. The third kappa shape index (κ3) is 6.09. The normalized spacial score (nSPS) is 11.1. The molecule has 2 aromatic carbocycles. The Labute approximate surface area is 179 Å². The molecule has 7 nitrogen and oxygen atoms in total. The molecule has 0 heterocycles. The Morgan fingerprint density at radius 3 is 2.38 bits per heavy atom. The molecule has 0 saturated heterocycles. The van der Waals surface area contributed by atoms with Crippen LogP contribution in [0.1, 0.15) is 22.8 Å². The smallest absolute Gasteiger partial charge is 0.338 e. The van der Waals surface area contributed by atoms with E-state index in [1.807, 2.05) is 0 Å². The molecular formula is C19H20Cl2N2O5S. The quantitative estimate of drug-likeness (QED) is 0.635. The second-order valence-corrected chi connectivity index (χ2v) is 8.89. The van der Waals surface area contributed by atoms with E-state index in [1.54, 1.807) is 26.0 Å². The van der Waals surface area contributed by atoms with Crippen molar-refractivity contribution in [2.45, 2.75) is 13.8 Å². The lowest BCUT2D eigenvalue weighted by Crippen LogP contribution is -2.37. The predicted octanol–water partition coefficient (Wildman–Crippen LogP) is 3.88. The van der Waals surface area contributed by atoms with Crippen LogP contribution in [0, 0.1) is 6.92 Å². The molecule has 0 saturated carbocycles. The van der Waals surface area contributed by atoms with E-state index in [4.69, 9.17) is 27.9 Å². The third-order valence-electron chi connectivity index (χ3n) is 3.90. The van der Waals surface area contributed by atoms with Crippen LogP contribution in [0.4, 0.5) is 11.4 Å². The zero-order valence-corrected chi connectivity index (χ0v) is 18.4. The standard InChI is InChI=1S/C19H20Cl2N2O5S/c1-4-28-19(25)13-6-5-12(2)17(9-13)22-18(24)11-23(29(3,26)27)14-7-8-15(20)16(21)10-14/h5-10H,4,11H2,1-3H3,(H,22,24). The summed E-state index contributed by atoms with van der Waals surface area (Å²) < 4.78 is 30.3. The van der Waals surface area contributed by atoms with Crippen LogP contribution in [-0.2, 0) is 19.6 Å². The lowest BCUT2D eigenvalue weighted by Gasteiger charge is -2.22. The van der Waals surface area contributed by atoms with E-state index in [0.29, 0.717) is 11.3 Å². The molecule has 0 aromatic heterocycles. The van der Waals surface area contributed by atoms with Crippen LogP contribution in [0.2, 0.25) is 10.0 Å². The first-order chi connectivity index (χ1) is 13.5. The Hall–Kier alpha value is -2.29. The summed E-state index contributed by atoms with van der Waals surface area (Å²) in [5.41, 5.74) is 1.56. The SMILES string of the molecule is CCOC(=O)c1ccc(C)c(NC(=O)CN(c2ccc(Cl)c(Cl)c2)S(C)(=O)=O)c1. The first-order valence-corrected chi connectivity index (χ1v) is 11.1. The first kappa shape index (κ1) is 23.0. The maximum atomic E-state index is 12.6. The average Bonchev–Trinajstić information content (AvgIpc) is 2.63. The van der Waals surface area contributed by atoms with Gasteiger partial charge >= 0.3 is 5.97 Å². The first-order valence-electron chi connectivity index (χ1n) is 8.53. The summed E-state index contributed by atoms with van der Waals surface area (Å²) in [7, 11) is -3.78. The van der Waals surface area contributed by atoms with Crippen molar-refractivity contribution in [3.05, 3.63) is 57.6 Å². The van der Waals surface area contributed by atoms with Crippen molar-refractivity contribution >= 4 is 56.5 Å². The lowest BCUT2D eigenvalue weighted by atomic mass is 10.1. The highest BCUT2D eigenvalue weighted by Gasteiger charge is 2.22. The minimum Gasteiger partial charge on any atom is -0.462 e. The largest absolute Gasteiger partial charge is 0.462 e. The van der Waals surface area contributed by atoms with E-state index in [9.17, 15) is 18.0 Å². The van der Waals surface area contributed by atoms with E-state index in [0.717, 1.165) is 10.6 Å². The second kappa shape index (κ2) is 9.47. The minimum atomic E-state index is -3.78. The number of benzene rings is 2. The van der Waals surface area contributed by atoms with Gasteiger partial charge < -0.3 is 10.1 Å². The van der Waals surface area contributed by atoms with Crippen LogP contribution in [0.25, 0.3) is 0 Å². The predicted molar refractivity (Wildman–Crippen MR) is 114 cm³/mol. The van der Waals surface area contributed by atoms with E-state index in [-0.39, 0.29) is 27.9 Å². The highest BCUT2D eigenvalue weighted by molar-refractivity contribution is 7.92. The van der Waals surface area contributed by atoms with Crippen LogP contribution >= 0.6 is 23.2 Å². The number of halogens is 2. The third-order valence-corrected chi connectivity index (χ3v) is 5.78. The van der Waals surface area contributed by atoms with Crippen LogP contribution in [-0.4, -0.2) is 39.7 Å². The summed E-state index contributed by atoms with van der Waals surface area (Å²) >= 11 is 11.8. The molecule has 0 bridgehead atoms. The van der Waals surface area contributed by atoms with Gasteiger partial charge in [0.15, 0.2) is 0 Å². The fourth-order valence-electron chi connectivity index (χ4n) is 2.46. The number of esters is 1.